The van der Waals surface area contributed by atoms with E-state index in [2.05, 4.69) is 74.3 Å². The SMILES string of the molecule is CCC1CCC2CC(c3ccc(-c4ccc(C5=NC(C)(C)CO5)cc4)cc3)CCC2C1. The quantitative estimate of drug-likeness (QED) is 0.503. The molecular weight excluding hydrogens is 378 g/mol. The summed E-state index contributed by atoms with van der Waals surface area (Å²) in [5.74, 6) is 4.51. The Morgan fingerprint density at radius 2 is 1.42 bits per heavy atom. The molecule has 2 saturated carbocycles. The molecule has 3 aliphatic rings. The third-order valence-electron chi connectivity index (χ3n) is 8.11. The molecule has 2 fully saturated rings. The van der Waals surface area contributed by atoms with Gasteiger partial charge in [-0.25, -0.2) is 4.99 Å². The highest BCUT2D eigenvalue weighted by atomic mass is 16.5. The van der Waals surface area contributed by atoms with Crippen molar-refractivity contribution in [1.29, 1.82) is 0 Å². The molecule has 31 heavy (non-hydrogen) atoms. The Kier molecular flexibility index (Phi) is 5.67. The Hall–Kier alpha value is -2.09. The molecule has 5 rings (SSSR count). The monoisotopic (exact) mass is 415 g/mol. The Labute approximate surface area is 188 Å². The number of ether oxygens (including phenoxy) is 1. The van der Waals surface area contributed by atoms with Crippen molar-refractivity contribution in [2.45, 2.75) is 77.2 Å². The van der Waals surface area contributed by atoms with E-state index in [1.165, 1.54) is 56.1 Å². The molecule has 4 unspecified atom stereocenters. The predicted octanol–water partition coefficient (Wildman–Crippen LogP) is 7.62. The molecule has 2 aromatic rings. The van der Waals surface area contributed by atoms with Crippen molar-refractivity contribution in [2.75, 3.05) is 6.61 Å². The summed E-state index contributed by atoms with van der Waals surface area (Å²) >= 11 is 0. The molecule has 2 aromatic carbocycles. The topological polar surface area (TPSA) is 21.6 Å². The molecular formula is C29H37NO. The van der Waals surface area contributed by atoms with E-state index >= 15 is 0 Å². The van der Waals surface area contributed by atoms with Crippen molar-refractivity contribution in [2.24, 2.45) is 22.7 Å². The third-order valence-corrected chi connectivity index (χ3v) is 8.11. The lowest BCUT2D eigenvalue weighted by Gasteiger charge is -2.42. The van der Waals surface area contributed by atoms with Crippen LogP contribution >= 0.6 is 0 Å². The van der Waals surface area contributed by atoms with Gasteiger partial charge in [-0.05, 0) is 98.4 Å². The number of fused-ring (bicyclic) bond motifs is 1. The summed E-state index contributed by atoms with van der Waals surface area (Å²) < 4.78 is 5.78. The molecule has 164 valence electrons. The molecule has 1 aliphatic heterocycles. The highest BCUT2D eigenvalue weighted by Gasteiger charge is 2.35. The van der Waals surface area contributed by atoms with Gasteiger partial charge in [-0.3, -0.25) is 0 Å². The maximum atomic E-state index is 5.78. The minimum Gasteiger partial charge on any atom is -0.475 e. The van der Waals surface area contributed by atoms with Crippen LogP contribution in [0.15, 0.2) is 53.5 Å². The van der Waals surface area contributed by atoms with Gasteiger partial charge in [0.1, 0.15) is 6.61 Å². The smallest absolute Gasteiger partial charge is 0.216 e. The minimum absolute atomic E-state index is 0.113. The first-order chi connectivity index (χ1) is 15.0. The summed E-state index contributed by atoms with van der Waals surface area (Å²) in [6.45, 7) is 7.26. The van der Waals surface area contributed by atoms with E-state index in [4.69, 9.17) is 4.74 Å². The van der Waals surface area contributed by atoms with Crippen molar-refractivity contribution >= 4 is 5.90 Å². The fraction of sp³-hybridized carbons (Fsp3) is 0.552. The van der Waals surface area contributed by atoms with Gasteiger partial charge in [0.2, 0.25) is 5.90 Å². The third kappa shape index (κ3) is 4.45. The van der Waals surface area contributed by atoms with E-state index in [1.807, 2.05) is 0 Å². The van der Waals surface area contributed by atoms with Crippen molar-refractivity contribution < 1.29 is 4.74 Å². The molecule has 1 heterocycles. The van der Waals surface area contributed by atoms with Gasteiger partial charge < -0.3 is 4.74 Å². The van der Waals surface area contributed by atoms with Crippen molar-refractivity contribution in [3.63, 3.8) is 0 Å². The maximum Gasteiger partial charge on any atom is 0.216 e. The minimum atomic E-state index is -0.113. The van der Waals surface area contributed by atoms with Gasteiger partial charge in [-0.1, -0.05) is 56.2 Å². The van der Waals surface area contributed by atoms with Gasteiger partial charge in [-0.2, -0.15) is 0 Å². The van der Waals surface area contributed by atoms with Crippen LogP contribution in [0.4, 0.5) is 0 Å². The summed E-state index contributed by atoms with van der Waals surface area (Å²) in [5.41, 5.74) is 5.06. The van der Waals surface area contributed by atoms with Crippen LogP contribution in [-0.4, -0.2) is 18.0 Å². The molecule has 0 spiro atoms. The highest BCUT2D eigenvalue weighted by molar-refractivity contribution is 5.95. The van der Waals surface area contributed by atoms with Crippen molar-refractivity contribution in [1.82, 2.24) is 0 Å². The Balaban J connectivity index is 1.24. The zero-order valence-electron chi connectivity index (χ0n) is 19.4. The Bertz CT molecular complexity index is 924. The summed E-state index contributed by atoms with van der Waals surface area (Å²) in [6, 6.07) is 18.1. The summed E-state index contributed by atoms with van der Waals surface area (Å²) in [4.78, 5) is 4.69. The van der Waals surface area contributed by atoms with E-state index in [0.717, 1.165) is 35.1 Å². The molecule has 0 bridgehead atoms. The molecule has 0 N–H and O–H groups in total. The number of benzene rings is 2. The zero-order valence-corrected chi connectivity index (χ0v) is 19.4. The van der Waals surface area contributed by atoms with Crippen molar-refractivity contribution in [3.8, 4) is 11.1 Å². The Morgan fingerprint density at radius 3 is 2.06 bits per heavy atom. The van der Waals surface area contributed by atoms with Crippen LogP contribution < -0.4 is 0 Å². The molecule has 4 atom stereocenters. The number of nitrogens with zero attached hydrogens (tertiary/aromatic N) is 1. The summed E-state index contributed by atoms with van der Waals surface area (Å²) in [5, 5.41) is 0. The van der Waals surface area contributed by atoms with Crippen LogP contribution in [-0.2, 0) is 4.74 Å². The van der Waals surface area contributed by atoms with Gasteiger partial charge in [0.15, 0.2) is 0 Å². The second-order valence-electron chi connectivity index (χ2n) is 10.8. The normalized spacial score (nSPS) is 29.7. The van der Waals surface area contributed by atoms with Crippen LogP contribution in [0.1, 0.15) is 82.8 Å². The molecule has 2 aliphatic carbocycles. The predicted molar refractivity (Wildman–Crippen MR) is 130 cm³/mol. The van der Waals surface area contributed by atoms with Crippen LogP contribution in [0, 0.1) is 17.8 Å². The first kappa shape index (κ1) is 20.8. The van der Waals surface area contributed by atoms with E-state index in [1.54, 1.807) is 5.56 Å². The number of aliphatic imine (C=N–C) groups is 1. The molecule has 0 radical (unpaired) electrons. The zero-order chi connectivity index (χ0) is 21.4. The summed E-state index contributed by atoms with van der Waals surface area (Å²) in [7, 11) is 0. The van der Waals surface area contributed by atoms with Gasteiger partial charge >= 0.3 is 0 Å². The van der Waals surface area contributed by atoms with Crippen LogP contribution in [0.25, 0.3) is 11.1 Å². The highest BCUT2D eigenvalue weighted by Crippen LogP contribution is 2.48. The lowest BCUT2D eigenvalue weighted by molar-refractivity contribution is 0.116. The summed E-state index contributed by atoms with van der Waals surface area (Å²) in [6.07, 6.45) is 10.0. The second-order valence-corrected chi connectivity index (χ2v) is 10.8. The molecule has 0 aromatic heterocycles. The first-order valence-corrected chi connectivity index (χ1v) is 12.4. The van der Waals surface area contributed by atoms with Gasteiger partial charge in [0.25, 0.3) is 0 Å². The maximum absolute atomic E-state index is 5.78. The van der Waals surface area contributed by atoms with Gasteiger partial charge in [-0.15, -0.1) is 0 Å². The van der Waals surface area contributed by atoms with E-state index in [9.17, 15) is 0 Å². The Morgan fingerprint density at radius 1 is 0.806 bits per heavy atom. The van der Waals surface area contributed by atoms with Crippen LogP contribution in [0.5, 0.6) is 0 Å². The number of hydrogen-bond donors (Lipinski definition) is 0. The van der Waals surface area contributed by atoms with Crippen molar-refractivity contribution in [3.05, 3.63) is 59.7 Å². The molecule has 0 amide bonds. The lowest BCUT2D eigenvalue weighted by Crippen LogP contribution is -2.30. The standard InChI is InChI=1S/C29H37NO/c1-4-20-5-6-27-18-26(16-15-25(27)17-20)23-9-7-21(8-10-23)22-11-13-24(14-12-22)28-30-29(2,3)19-31-28/h7-14,20,25-27H,4-6,15-19H2,1-3H3. The molecule has 2 nitrogen and oxygen atoms in total. The molecule has 2 heteroatoms. The average Bonchev–Trinajstić information content (AvgIpc) is 3.18. The van der Waals surface area contributed by atoms with Gasteiger partial charge in [0.05, 0.1) is 5.54 Å². The number of hydrogen-bond acceptors (Lipinski definition) is 2. The van der Waals surface area contributed by atoms with E-state index in [-0.39, 0.29) is 5.54 Å². The average molecular weight is 416 g/mol. The van der Waals surface area contributed by atoms with E-state index < -0.39 is 0 Å². The molecule has 0 saturated heterocycles. The second kappa shape index (κ2) is 8.45. The van der Waals surface area contributed by atoms with Gasteiger partial charge in [0, 0.05) is 5.56 Å². The fourth-order valence-electron chi connectivity index (χ4n) is 6.15. The number of rotatable bonds is 4. The van der Waals surface area contributed by atoms with Crippen LogP contribution in [0.2, 0.25) is 0 Å². The fourth-order valence-corrected chi connectivity index (χ4v) is 6.15. The lowest BCUT2D eigenvalue weighted by atomic mass is 9.63. The van der Waals surface area contributed by atoms with E-state index in [0.29, 0.717) is 6.61 Å². The largest absolute Gasteiger partial charge is 0.475 e. The van der Waals surface area contributed by atoms with Crippen LogP contribution in [0.3, 0.4) is 0 Å². The first-order valence-electron chi connectivity index (χ1n) is 12.4.